The molecular weight excluding hydrogens is 999 g/mol. The average Bonchev–Trinajstić information content (AvgIpc) is 3.08. The molecule has 0 bridgehead atoms. The molecule has 15 rings (SSSR count). The highest BCUT2D eigenvalue weighted by atomic mass is 32.1. The first-order chi connectivity index (χ1) is 40.1. The van der Waals surface area contributed by atoms with E-state index in [0.29, 0.717) is 0 Å². The molecule has 0 aliphatic heterocycles. The van der Waals surface area contributed by atoms with Gasteiger partial charge in [0.1, 0.15) is 0 Å². The lowest BCUT2D eigenvalue weighted by molar-refractivity contribution is 0.793. The van der Waals surface area contributed by atoms with Gasteiger partial charge in [0.15, 0.2) is 0 Å². The van der Waals surface area contributed by atoms with Crippen molar-refractivity contribution in [3.63, 3.8) is 0 Å². The summed E-state index contributed by atoms with van der Waals surface area (Å²) in [6, 6.07) is 105. The zero-order chi connectivity index (χ0) is 54.0. The van der Waals surface area contributed by atoms with E-state index in [1.807, 2.05) is 23.5 Å². The summed E-state index contributed by atoms with van der Waals surface area (Å²) < 4.78 is 2.55. The van der Waals surface area contributed by atoms with Crippen LogP contribution in [0.3, 0.4) is 0 Å². The second-order valence-electron chi connectivity index (χ2n) is 20.9. The van der Waals surface area contributed by atoms with E-state index >= 15 is 0 Å². The minimum atomic E-state index is -0.527. The summed E-state index contributed by atoms with van der Waals surface area (Å²) in [6.07, 6.45) is 3.82. The summed E-state index contributed by atoms with van der Waals surface area (Å²) in [6.45, 7) is 8.28. The van der Waals surface area contributed by atoms with Gasteiger partial charge in [0, 0.05) is 71.2 Å². The third-order valence-electron chi connectivity index (χ3n) is 16.5. The molecule has 0 amide bonds. The summed E-state index contributed by atoms with van der Waals surface area (Å²) in [4.78, 5) is 7.27. The largest absolute Gasteiger partial charge is 0.310 e. The maximum Gasteiger partial charge on any atom is 0.0726 e. The van der Waals surface area contributed by atoms with Crippen molar-refractivity contribution in [3.05, 3.63) is 332 Å². The number of anilines is 9. The third kappa shape index (κ3) is 7.79. The van der Waals surface area contributed by atoms with Crippen LogP contribution >= 0.6 is 11.3 Å². The van der Waals surface area contributed by atoms with Gasteiger partial charge in [-0.2, -0.15) is 0 Å². The fraction of sp³-hybridized carbons (Fsp3) is 0.0130. The lowest BCUT2D eigenvalue weighted by Gasteiger charge is -2.33. The molecule has 3 nitrogen and oxygen atoms in total. The summed E-state index contributed by atoms with van der Waals surface area (Å²) in [5.41, 5.74) is 23.4. The van der Waals surface area contributed by atoms with Crippen LogP contribution in [-0.2, 0) is 5.41 Å². The van der Waals surface area contributed by atoms with Crippen LogP contribution in [0.1, 0.15) is 33.4 Å². The van der Waals surface area contributed by atoms with Crippen molar-refractivity contribution in [3.8, 4) is 33.4 Å². The van der Waals surface area contributed by atoms with E-state index in [0.717, 1.165) is 73.4 Å². The van der Waals surface area contributed by atoms with Gasteiger partial charge in [-0.05, 0) is 170 Å². The molecule has 13 aromatic rings. The molecule has 2 aliphatic carbocycles. The molecule has 0 saturated heterocycles. The Balaban J connectivity index is 1.00. The molecule has 0 N–H and O–H groups in total. The Morgan fingerprint density at radius 3 is 1.28 bits per heavy atom. The third-order valence-corrected chi connectivity index (χ3v) is 17.7. The number of benzene rings is 12. The van der Waals surface area contributed by atoms with Crippen molar-refractivity contribution in [1.29, 1.82) is 0 Å². The second-order valence-corrected chi connectivity index (χ2v) is 22.0. The Kier molecular flexibility index (Phi) is 11.6. The minimum absolute atomic E-state index is 0.527. The van der Waals surface area contributed by atoms with Crippen LogP contribution in [0.15, 0.2) is 298 Å². The molecule has 12 aromatic carbocycles. The minimum Gasteiger partial charge on any atom is -0.310 e. The summed E-state index contributed by atoms with van der Waals surface area (Å²) >= 11 is 1.84. The average molecular weight is 1050 g/mol. The first-order valence-electron chi connectivity index (χ1n) is 27.6. The summed E-state index contributed by atoms with van der Waals surface area (Å²) in [7, 11) is 0. The molecule has 0 fully saturated rings. The van der Waals surface area contributed by atoms with Crippen molar-refractivity contribution in [1.82, 2.24) is 0 Å². The molecular formula is C77H53N3S. The fourth-order valence-electron chi connectivity index (χ4n) is 13.0. The van der Waals surface area contributed by atoms with Gasteiger partial charge in [0.25, 0.3) is 0 Å². The second kappa shape index (κ2) is 19.6. The van der Waals surface area contributed by atoms with Crippen LogP contribution in [0.5, 0.6) is 0 Å². The number of rotatable bonds is 12. The van der Waals surface area contributed by atoms with Gasteiger partial charge in [-0.1, -0.05) is 201 Å². The standard InChI is InChI=1S/C77H53N3S/c1-3-52-35-39-57(40-36-52)78(55-21-7-5-8-22-55)61-47-54(63-25-14-19-33-74(63)80(56-23-9-6-10-24-56)59-44-46-76-69(50-59)68-29-15-20-34-75(68)81-76)48-62(49-61)79(58-41-37-53(4-2)38-42-58)60-43-45-67-66-28-13-18-32-72(66)77(73(67)51-60)70-30-16-11-26-64(70)65-27-12-17-31-71(65)77/h3-51H,1-2H2. The Morgan fingerprint density at radius 1 is 0.284 bits per heavy atom. The molecule has 0 unspecified atom stereocenters. The number of hydrogen-bond acceptors (Lipinski definition) is 4. The van der Waals surface area contributed by atoms with Crippen molar-refractivity contribution < 1.29 is 0 Å². The summed E-state index contributed by atoms with van der Waals surface area (Å²) in [5.74, 6) is 0. The van der Waals surface area contributed by atoms with Gasteiger partial charge in [-0.15, -0.1) is 11.3 Å². The first-order valence-corrected chi connectivity index (χ1v) is 28.4. The molecule has 382 valence electrons. The SMILES string of the molecule is C=Cc1ccc(N(c2ccccc2)c2cc(-c3ccccc3N(c3ccccc3)c3ccc4sc5ccccc5c4c3)cc(N(c3ccc(C=C)cc3)c3ccc4c(c3)C3(c5ccccc5-c5ccccc53)c3ccccc3-4)c2)cc1. The quantitative estimate of drug-likeness (QED) is 0.121. The predicted octanol–water partition coefficient (Wildman–Crippen LogP) is 21.8. The predicted molar refractivity (Wildman–Crippen MR) is 345 cm³/mol. The fourth-order valence-corrected chi connectivity index (χ4v) is 14.1. The van der Waals surface area contributed by atoms with E-state index in [-0.39, 0.29) is 0 Å². The van der Waals surface area contributed by atoms with Crippen molar-refractivity contribution in [2.24, 2.45) is 0 Å². The number of thiophene rings is 1. The zero-order valence-corrected chi connectivity index (χ0v) is 45.3. The molecule has 1 spiro atoms. The van der Waals surface area contributed by atoms with Crippen LogP contribution < -0.4 is 14.7 Å². The molecule has 1 heterocycles. The topological polar surface area (TPSA) is 9.72 Å². The van der Waals surface area contributed by atoms with E-state index in [9.17, 15) is 0 Å². The Morgan fingerprint density at radius 2 is 0.704 bits per heavy atom. The van der Waals surface area contributed by atoms with Crippen molar-refractivity contribution in [2.75, 3.05) is 14.7 Å². The highest BCUT2D eigenvalue weighted by Crippen LogP contribution is 2.63. The zero-order valence-electron chi connectivity index (χ0n) is 44.5. The van der Waals surface area contributed by atoms with Crippen LogP contribution in [0.4, 0.5) is 51.2 Å². The van der Waals surface area contributed by atoms with E-state index in [2.05, 4.69) is 313 Å². The molecule has 81 heavy (non-hydrogen) atoms. The smallest absolute Gasteiger partial charge is 0.0726 e. The first kappa shape index (κ1) is 47.9. The number of hydrogen-bond donors (Lipinski definition) is 0. The van der Waals surface area contributed by atoms with Crippen LogP contribution in [0, 0.1) is 0 Å². The van der Waals surface area contributed by atoms with Gasteiger partial charge in [-0.3, -0.25) is 0 Å². The van der Waals surface area contributed by atoms with Gasteiger partial charge >= 0.3 is 0 Å². The molecule has 1 aromatic heterocycles. The van der Waals surface area contributed by atoms with Gasteiger partial charge in [0.2, 0.25) is 0 Å². The Hall–Kier alpha value is -10.3. The van der Waals surface area contributed by atoms with E-state index in [1.165, 1.54) is 64.7 Å². The lowest BCUT2D eigenvalue weighted by Crippen LogP contribution is -2.26. The normalized spacial score (nSPS) is 12.4. The monoisotopic (exact) mass is 1050 g/mol. The molecule has 0 atom stereocenters. The van der Waals surface area contributed by atoms with E-state index in [4.69, 9.17) is 0 Å². The molecule has 0 saturated carbocycles. The van der Waals surface area contributed by atoms with Gasteiger partial charge in [-0.25, -0.2) is 0 Å². The van der Waals surface area contributed by atoms with Crippen molar-refractivity contribution >= 4 is 94.8 Å². The lowest BCUT2D eigenvalue weighted by atomic mass is 9.70. The van der Waals surface area contributed by atoms with Crippen LogP contribution in [-0.4, -0.2) is 0 Å². The molecule has 2 aliphatic rings. The molecule has 0 radical (unpaired) electrons. The van der Waals surface area contributed by atoms with E-state index in [1.54, 1.807) is 0 Å². The maximum atomic E-state index is 4.17. The maximum absolute atomic E-state index is 4.17. The van der Waals surface area contributed by atoms with Crippen LogP contribution in [0.2, 0.25) is 0 Å². The number of nitrogens with zero attached hydrogens (tertiary/aromatic N) is 3. The molecule has 4 heteroatoms. The van der Waals surface area contributed by atoms with Crippen LogP contribution in [0.25, 0.3) is 65.7 Å². The van der Waals surface area contributed by atoms with Gasteiger partial charge < -0.3 is 14.7 Å². The van der Waals surface area contributed by atoms with Crippen molar-refractivity contribution in [2.45, 2.75) is 5.41 Å². The van der Waals surface area contributed by atoms with E-state index < -0.39 is 5.41 Å². The summed E-state index contributed by atoms with van der Waals surface area (Å²) in [5, 5.41) is 2.52. The highest BCUT2D eigenvalue weighted by molar-refractivity contribution is 7.25. The van der Waals surface area contributed by atoms with Gasteiger partial charge in [0.05, 0.1) is 11.1 Å². The Bertz CT molecular complexity index is 4510. The highest BCUT2D eigenvalue weighted by Gasteiger charge is 2.51. The Labute approximate surface area is 477 Å². The number of para-hydroxylation sites is 3. The number of fused-ring (bicyclic) bond motifs is 13.